The van der Waals surface area contributed by atoms with Crippen LogP contribution in [0.15, 0.2) is 0 Å². The Labute approximate surface area is 106 Å². The van der Waals surface area contributed by atoms with Crippen molar-refractivity contribution in [1.29, 1.82) is 0 Å². The Morgan fingerprint density at radius 3 is 2.33 bits per heavy atom. The zero-order valence-electron chi connectivity index (χ0n) is 11.0. The second-order valence-corrected chi connectivity index (χ2v) is 4.27. The summed E-state index contributed by atoms with van der Waals surface area (Å²) in [5.41, 5.74) is 0. The summed E-state index contributed by atoms with van der Waals surface area (Å²) in [6.07, 6.45) is 0.982. The van der Waals surface area contributed by atoms with Crippen molar-refractivity contribution in [2.24, 2.45) is 0 Å². The summed E-state index contributed by atoms with van der Waals surface area (Å²) in [5.74, 6) is -0.630. The first-order valence-corrected chi connectivity index (χ1v) is 6.28. The van der Waals surface area contributed by atoms with Crippen LogP contribution in [0.1, 0.15) is 45.4 Å². The number of halogens is 3. The van der Waals surface area contributed by atoms with E-state index in [2.05, 4.69) is 17.0 Å². The Balaban J connectivity index is 3.96. The molecule has 0 aromatic carbocycles. The van der Waals surface area contributed by atoms with Gasteiger partial charge in [0.15, 0.2) is 0 Å². The van der Waals surface area contributed by atoms with Crippen LogP contribution < -0.4 is 5.32 Å². The molecule has 1 unspecified atom stereocenters. The van der Waals surface area contributed by atoms with E-state index in [1.54, 1.807) is 0 Å². The third-order valence-corrected chi connectivity index (χ3v) is 2.63. The van der Waals surface area contributed by atoms with Gasteiger partial charge in [-0.3, -0.25) is 10.1 Å². The molecule has 0 bridgehead atoms. The van der Waals surface area contributed by atoms with Crippen molar-refractivity contribution in [1.82, 2.24) is 5.32 Å². The highest BCUT2D eigenvalue weighted by atomic mass is 19.4. The molecule has 0 heterocycles. The van der Waals surface area contributed by atoms with Gasteiger partial charge in [-0.05, 0) is 6.42 Å². The Morgan fingerprint density at radius 1 is 1.22 bits per heavy atom. The third kappa shape index (κ3) is 9.27. The molecule has 0 aromatic rings. The number of unbranched alkanes of at least 4 members (excludes halogenated alkanes) is 4. The maximum absolute atomic E-state index is 12.1. The molecule has 0 aromatic heterocycles. The molecule has 0 saturated heterocycles. The van der Waals surface area contributed by atoms with Gasteiger partial charge in [-0.15, -0.1) is 0 Å². The molecule has 0 aliphatic carbocycles. The van der Waals surface area contributed by atoms with Crippen LogP contribution in [0, 0.1) is 0 Å². The first kappa shape index (κ1) is 17.2. The summed E-state index contributed by atoms with van der Waals surface area (Å²) >= 11 is 0. The molecular formula is C12H22F3NO2. The molecule has 0 spiro atoms. The lowest BCUT2D eigenvalue weighted by molar-refractivity contribution is -0.146. The molecule has 0 fully saturated rings. The second kappa shape index (κ2) is 9.19. The monoisotopic (exact) mass is 269 g/mol. The molecule has 1 atom stereocenters. The number of rotatable bonds is 9. The molecular weight excluding hydrogens is 247 g/mol. The molecule has 0 saturated carbocycles. The first-order chi connectivity index (χ1) is 8.40. The van der Waals surface area contributed by atoms with Crippen LogP contribution in [0.4, 0.5) is 13.2 Å². The highest BCUT2D eigenvalue weighted by molar-refractivity contribution is 5.75. The molecule has 0 aliphatic rings. The summed E-state index contributed by atoms with van der Waals surface area (Å²) in [6.45, 7) is 0.921. The van der Waals surface area contributed by atoms with E-state index < -0.39 is 24.7 Å². The van der Waals surface area contributed by atoms with Crippen molar-refractivity contribution in [3.63, 3.8) is 0 Å². The van der Waals surface area contributed by atoms with Crippen molar-refractivity contribution < 1.29 is 22.7 Å². The van der Waals surface area contributed by atoms with Crippen molar-refractivity contribution in [3.05, 3.63) is 0 Å². The molecule has 0 aliphatic heterocycles. The van der Waals surface area contributed by atoms with E-state index in [0.717, 1.165) is 32.1 Å². The Morgan fingerprint density at radius 2 is 1.83 bits per heavy atom. The lowest BCUT2D eigenvalue weighted by atomic mass is 10.1. The highest BCUT2D eigenvalue weighted by Crippen LogP contribution is 2.14. The number of alkyl halides is 3. The summed E-state index contributed by atoms with van der Waals surface area (Å²) in [4.78, 5) is 11.3. The SMILES string of the molecule is CCCCCCCC(NCC(F)(F)F)C(=O)OC. The molecule has 0 radical (unpaired) electrons. The normalized spacial score (nSPS) is 13.4. The highest BCUT2D eigenvalue weighted by Gasteiger charge is 2.30. The largest absolute Gasteiger partial charge is 0.468 e. The quantitative estimate of drug-likeness (QED) is 0.516. The molecule has 0 rings (SSSR count). The van der Waals surface area contributed by atoms with Crippen LogP contribution in [-0.2, 0) is 9.53 Å². The summed E-state index contributed by atoms with van der Waals surface area (Å²) < 4.78 is 40.7. The standard InChI is InChI=1S/C12H22F3NO2/c1-3-4-5-6-7-8-10(11(17)18-2)16-9-12(13,14)15/h10,16H,3-9H2,1-2H3. The molecule has 108 valence electrons. The van der Waals surface area contributed by atoms with Crippen molar-refractivity contribution in [2.45, 2.75) is 57.7 Å². The van der Waals surface area contributed by atoms with Crippen molar-refractivity contribution in [3.8, 4) is 0 Å². The first-order valence-electron chi connectivity index (χ1n) is 6.28. The van der Waals surface area contributed by atoms with Gasteiger partial charge < -0.3 is 4.74 Å². The number of carbonyl (C=O) groups is 1. The van der Waals surface area contributed by atoms with Crippen LogP contribution in [-0.4, -0.2) is 31.8 Å². The average molecular weight is 269 g/mol. The number of methoxy groups -OCH3 is 1. The van der Waals surface area contributed by atoms with E-state index in [9.17, 15) is 18.0 Å². The van der Waals surface area contributed by atoms with E-state index in [4.69, 9.17) is 0 Å². The second-order valence-electron chi connectivity index (χ2n) is 4.27. The van der Waals surface area contributed by atoms with Gasteiger partial charge in [-0.1, -0.05) is 39.0 Å². The predicted molar refractivity (Wildman–Crippen MR) is 63.2 cm³/mol. The van der Waals surface area contributed by atoms with E-state index in [1.165, 1.54) is 7.11 Å². The fourth-order valence-corrected chi connectivity index (χ4v) is 1.64. The van der Waals surface area contributed by atoms with E-state index in [-0.39, 0.29) is 0 Å². The maximum Gasteiger partial charge on any atom is 0.401 e. The fourth-order valence-electron chi connectivity index (χ4n) is 1.64. The number of hydrogen-bond acceptors (Lipinski definition) is 3. The van der Waals surface area contributed by atoms with E-state index >= 15 is 0 Å². The topological polar surface area (TPSA) is 38.3 Å². The summed E-state index contributed by atoms with van der Waals surface area (Å²) in [5, 5.41) is 2.20. The molecule has 6 heteroatoms. The zero-order chi connectivity index (χ0) is 14.0. The third-order valence-electron chi connectivity index (χ3n) is 2.63. The Hall–Kier alpha value is -0.780. The van der Waals surface area contributed by atoms with Gasteiger partial charge in [0.05, 0.1) is 13.7 Å². The number of esters is 1. The van der Waals surface area contributed by atoms with Crippen molar-refractivity contribution in [2.75, 3.05) is 13.7 Å². The van der Waals surface area contributed by atoms with E-state index in [1.807, 2.05) is 0 Å². The van der Waals surface area contributed by atoms with Gasteiger partial charge in [0, 0.05) is 0 Å². The lowest BCUT2D eigenvalue weighted by Crippen LogP contribution is -2.42. The van der Waals surface area contributed by atoms with Gasteiger partial charge in [-0.2, -0.15) is 13.2 Å². The molecule has 0 amide bonds. The number of carbonyl (C=O) groups excluding carboxylic acids is 1. The van der Waals surface area contributed by atoms with Crippen LogP contribution in [0.2, 0.25) is 0 Å². The van der Waals surface area contributed by atoms with E-state index in [0.29, 0.717) is 6.42 Å². The Kier molecular flexibility index (Phi) is 8.79. The average Bonchev–Trinajstić information content (AvgIpc) is 2.30. The van der Waals surface area contributed by atoms with Crippen LogP contribution in [0.5, 0.6) is 0 Å². The predicted octanol–water partition coefficient (Wildman–Crippen LogP) is 3.04. The molecule has 3 nitrogen and oxygen atoms in total. The van der Waals surface area contributed by atoms with Crippen LogP contribution in [0.3, 0.4) is 0 Å². The number of hydrogen-bond donors (Lipinski definition) is 1. The van der Waals surface area contributed by atoms with Crippen molar-refractivity contribution >= 4 is 5.97 Å². The van der Waals surface area contributed by atoms with Crippen LogP contribution in [0.25, 0.3) is 0 Å². The minimum atomic E-state index is -4.31. The van der Waals surface area contributed by atoms with Gasteiger partial charge in [-0.25, -0.2) is 0 Å². The van der Waals surface area contributed by atoms with Gasteiger partial charge in [0.25, 0.3) is 0 Å². The Bertz CT molecular complexity index is 232. The maximum atomic E-state index is 12.1. The number of nitrogens with one attached hydrogen (secondary N) is 1. The van der Waals surface area contributed by atoms with Gasteiger partial charge in [0.1, 0.15) is 6.04 Å². The summed E-state index contributed by atoms with van der Waals surface area (Å²) in [7, 11) is 1.18. The lowest BCUT2D eigenvalue weighted by Gasteiger charge is -2.17. The minimum absolute atomic E-state index is 0.381. The fraction of sp³-hybridized carbons (Fsp3) is 0.917. The summed E-state index contributed by atoms with van der Waals surface area (Å²) in [6, 6.07) is -0.863. The van der Waals surface area contributed by atoms with Gasteiger partial charge >= 0.3 is 12.1 Å². The molecule has 18 heavy (non-hydrogen) atoms. The smallest absolute Gasteiger partial charge is 0.401 e. The zero-order valence-corrected chi connectivity index (χ0v) is 11.0. The minimum Gasteiger partial charge on any atom is -0.468 e. The molecule has 1 N–H and O–H groups in total. The van der Waals surface area contributed by atoms with Crippen LogP contribution >= 0.6 is 0 Å². The number of ether oxygens (including phenoxy) is 1. The van der Waals surface area contributed by atoms with Gasteiger partial charge in [0.2, 0.25) is 0 Å².